The summed E-state index contributed by atoms with van der Waals surface area (Å²) in [5, 5.41) is 4.18. The molecule has 2 fully saturated rings. The van der Waals surface area contributed by atoms with Gasteiger partial charge in [-0.3, -0.25) is 0 Å². The summed E-state index contributed by atoms with van der Waals surface area (Å²) in [5.74, 6) is -0.00832. The van der Waals surface area contributed by atoms with Crippen molar-refractivity contribution in [1.29, 1.82) is 0 Å². The largest absolute Gasteiger partial charge is 0.405 e. The zero-order valence-electron chi connectivity index (χ0n) is 18.5. The van der Waals surface area contributed by atoms with E-state index in [1.807, 2.05) is 14.0 Å². The lowest BCUT2D eigenvalue weighted by atomic mass is 9.78. The minimum atomic E-state index is -0.257. The summed E-state index contributed by atoms with van der Waals surface area (Å²) >= 11 is 0. The number of aryl methyl sites for hydroxylation is 1. The van der Waals surface area contributed by atoms with Crippen LogP contribution in [0, 0.1) is 18.6 Å². The average Bonchev–Trinajstić information content (AvgIpc) is 3.01. The molecule has 0 saturated heterocycles. The van der Waals surface area contributed by atoms with Crippen molar-refractivity contribution in [3.05, 3.63) is 71.9 Å². The maximum absolute atomic E-state index is 14.3. The predicted octanol–water partition coefficient (Wildman–Crippen LogP) is 6.54. The maximum atomic E-state index is 14.3. The van der Waals surface area contributed by atoms with Gasteiger partial charge < -0.3 is 16.0 Å². The molecule has 3 nitrogen and oxygen atoms in total. The molecule has 4 N–H and O–H groups in total. The Hall–Kier alpha value is -2.66. The molecule has 0 aliphatic heterocycles. The number of nitrogens with two attached hydrogens (primary N) is 1. The van der Waals surface area contributed by atoms with Crippen molar-refractivity contribution in [2.24, 2.45) is 5.73 Å². The highest BCUT2D eigenvalue weighted by Gasteiger charge is 2.27. The summed E-state index contributed by atoms with van der Waals surface area (Å²) in [5.41, 5.74) is 9.14. The summed E-state index contributed by atoms with van der Waals surface area (Å²) in [7, 11) is 2.03. The van der Waals surface area contributed by atoms with Crippen molar-refractivity contribution in [3.63, 3.8) is 0 Å². The van der Waals surface area contributed by atoms with Gasteiger partial charge in [0.05, 0.1) is 11.2 Å². The van der Waals surface area contributed by atoms with E-state index in [9.17, 15) is 8.78 Å². The lowest BCUT2D eigenvalue weighted by molar-refractivity contribution is 0.361. The first kappa shape index (κ1) is 23.0. The minimum Gasteiger partial charge on any atom is -0.405 e. The van der Waals surface area contributed by atoms with E-state index in [1.165, 1.54) is 49.6 Å². The molecule has 166 valence electrons. The number of hydrogen-bond donors (Lipinski definition) is 3. The van der Waals surface area contributed by atoms with Crippen molar-refractivity contribution < 1.29 is 8.78 Å². The van der Waals surface area contributed by atoms with Gasteiger partial charge >= 0.3 is 0 Å². The van der Waals surface area contributed by atoms with Crippen LogP contribution in [0.15, 0.2) is 49.2 Å². The van der Waals surface area contributed by atoms with Crippen LogP contribution in [0.4, 0.5) is 8.78 Å². The number of nitrogens with one attached hydrogen (secondary N) is 2. The number of aromatic amines is 1. The molecule has 0 atom stereocenters. The standard InChI is InChI=1S/C19H17F2N.C5H11N.C2H5N/c1-11-9-15-17(12-3-2-4-12)18(22-19(15)16(21)10-11)13-5-7-14(20)8-6-13;1-6-5-3-2-4-5;1-2-3/h5-10,12,22H,2-4H2,1H3;5-6H,2-4H2,1H3;2H,1,3H2. The van der Waals surface area contributed by atoms with E-state index in [0.29, 0.717) is 11.4 Å². The van der Waals surface area contributed by atoms with E-state index in [4.69, 9.17) is 0 Å². The van der Waals surface area contributed by atoms with Crippen molar-refractivity contribution in [2.45, 2.75) is 57.4 Å². The Morgan fingerprint density at radius 2 is 1.68 bits per heavy atom. The summed E-state index contributed by atoms with van der Waals surface area (Å²) < 4.78 is 27.5. The van der Waals surface area contributed by atoms with E-state index < -0.39 is 0 Å². The molecule has 0 radical (unpaired) electrons. The van der Waals surface area contributed by atoms with Gasteiger partial charge in [-0.05, 0) is 105 Å². The molecule has 1 heterocycles. The van der Waals surface area contributed by atoms with Gasteiger partial charge in [0.1, 0.15) is 11.6 Å². The van der Waals surface area contributed by atoms with E-state index in [1.54, 1.807) is 18.2 Å². The second kappa shape index (κ2) is 10.6. The van der Waals surface area contributed by atoms with Gasteiger partial charge in [-0.2, -0.15) is 0 Å². The molecular weight excluding hydrogens is 392 g/mol. The van der Waals surface area contributed by atoms with E-state index >= 15 is 0 Å². The molecule has 31 heavy (non-hydrogen) atoms. The molecule has 3 aromatic rings. The van der Waals surface area contributed by atoms with Crippen molar-refractivity contribution in [3.8, 4) is 11.3 Å². The number of fused-ring (bicyclic) bond motifs is 1. The average molecular weight is 426 g/mol. The normalized spacial score (nSPS) is 15.7. The van der Waals surface area contributed by atoms with Gasteiger partial charge in [-0.25, -0.2) is 8.78 Å². The Bertz CT molecular complexity index is 997. The number of aromatic nitrogens is 1. The smallest absolute Gasteiger partial charge is 0.147 e. The quantitative estimate of drug-likeness (QED) is 0.446. The lowest BCUT2D eigenvalue weighted by Gasteiger charge is -2.26. The first-order valence-electron chi connectivity index (χ1n) is 11.1. The van der Waals surface area contributed by atoms with Gasteiger partial charge in [-0.15, -0.1) is 0 Å². The van der Waals surface area contributed by atoms with Crippen LogP contribution in [0.5, 0.6) is 0 Å². The van der Waals surface area contributed by atoms with Crippen LogP contribution < -0.4 is 11.1 Å². The second-order valence-electron chi connectivity index (χ2n) is 8.37. The van der Waals surface area contributed by atoms with Crippen LogP contribution >= 0.6 is 0 Å². The van der Waals surface area contributed by atoms with Crippen LogP contribution in [0.1, 0.15) is 55.6 Å². The summed E-state index contributed by atoms with van der Waals surface area (Å²) in [4.78, 5) is 3.25. The van der Waals surface area contributed by atoms with Crippen molar-refractivity contribution in [1.82, 2.24) is 10.3 Å². The Morgan fingerprint density at radius 3 is 2.13 bits per heavy atom. The SMILES string of the molecule is C=CN.CNC1CCC1.Cc1cc(F)c2[nH]c(-c3ccc(F)cc3)c(C3CCC3)c2c1. The molecule has 2 aliphatic carbocycles. The van der Waals surface area contributed by atoms with Gasteiger partial charge in [-0.1, -0.05) is 19.4 Å². The van der Waals surface area contributed by atoms with Crippen molar-refractivity contribution in [2.75, 3.05) is 7.05 Å². The third-order valence-electron chi connectivity index (χ3n) is 6.20. The fraction of sp³-hybridized carbons (Fsp3) is 0.385. The zero-order valence-corrected chi connectivity index (χ0v) is 18.5. The fourth-order valence-corrected chi connectivity index (χ4v) is 4.07. The molecule has 0 unspecified atom stereocenters. The number of rotatable bonds is 3. The fourth-order valence-electron chi connectivity index (χ4n) is 4.07. The highest BCUT2D eigenvalue weighted by atomic mass is 19.1. The first-order valence-corrected chi connectivity index (χ1v) is 11.1. The van der Waals surface area contributed by atoms with Crippen LogP contribution in [0.3, 0.4) is 0 Å². The molecule has 2 aromatic carbocycles. The highest BCUT2D eigenvalue weighted by molar-refractivity contribution is 5.92. The molecule has 1 aromatic heterocycles. The molecule has 2 aliphatic rings. The highest BCUT2D eigenvalue weighted by Crippen LogP contribution is 2.45. The number of halogens is 2. The van der Waals surface area contributed by atoms with Crippen LogP contribution in [-0.2, 0) is 0 Å². The first-order chi connectivity index (χ1) is 15.0. The minimum absolute atomic E-state index is 0.219. The third-order valence-corrected chi connectivity index (χ3v) is 6.20. The molecule has 5 heteroatoms. The van der Waals surface area contributed by atoms with Gasteiger partial charge in [0.2, 0.25) is 0 Å². The summed E-state index contributed by atoms with van der Waals surface area (Å²) in [6.45, 7) is 5.05. The van der Waals surface area contributed by atoms with Crippen molar-refractivity contribution >= 4 is 10.9 Å². The Morgan fingerprint density at radius 1 is 1.06 bits per heavy atom. The summed E-state index contributed by atoms with van der Waals surface area (Å²) in [6.07, 6.45) is 8.97. The Balaban J connectivity index is 0.000000255. The third kappa shape index (κ3) is 5.34. The molecule has 0 bridgehead atoms. The second-order valence-corrected chi connectivity index (χ2v) is 8.37. The molecule has 0 amide bonds. The van der Waals surface area contributed by atoms with E-state index in [0.717, 1.165) is 41.1 Å². The van der Waals surface area contributed by atoms with E-state index in [2.05, 4.69) is 28.7 Å². The van der Waals surface area contributed by atoms with Crippen LogP contribution in [0.2, 0.25) is 0 Å². The molecule has 2 saturated carbocycles. The number of benzene rings is 2. The van der Waals surface area contributed by atoms with E-state index in [-0.39, 0.29) is 11.6 Å². The predicted molar refractivity (Wildman–Crippen MR) is 126 cm³/mol. The van der Waals surface area contributed by atoms with Crippen LogP contribution in [0.25, 0.3) is 22.2 Å². The van der Waals surface area contributed by atoms with Gasteiger partial charge in [0.15, 0.2) is 0 Å². The number of H-pyrrole nitrogens is 1. The molecule has 0 spiro atoms. The van der Waals surface area contributed by atoms with Gasteiger partial charge in [0.25, 0.3) is 0 Å². The monoisotopic (exact) mass is 425 g/mol. The maximum Gasteiger partial charge on any atom is 0.147 e. The Kier molecular flexibility index (Phi) is 7.85. The van der Waals surface area contributed by atoms with Gasteiger partial charge in [0, 0.05) is 11.4 Å². The topological polar surface area (TPSA) is 53.8 Å². The molecule has 5 rings (SSSR count). The summed E-state index contributed by atoms with van der Waals surface area (Å²) in [6, 6.07) is 10.9. The lowest BCUT2D eigenvalue weighted by Crippen LogP contribution is -2.31. The molecular formula is C26H33F2N3. The zero-order chi connectivity index (χ0) is 22.4. The number of hydrogen-bond acceptors (Lipinski definition) is 2. The Labute approximate surface area is 183 Å². The van der Waals surface area contributed by atoms with Crippen LogP contribution in [-0.4, -0.2) is 18.1 Å².